The van der Waals surface area contributed by atoms with E-state index in [0.717, 1.165) is 17.0 Å². The molecule has 0 unspecified atom stereocenters. The van der Waals surface area contributed by atoms with Crippen LogP contribution in [0.1, 0.15) is 23.4 Å². The van der Waals surface area contributed by atoms with E-state index in [0.29, 0.717) is 23.6 Å². The van der Waals surface area contributed by atoms with E-state index in [1.54, 1.807) is 6.07 Å². The fraction of sp³-hybridized carbons (Fsp3) is 0.267. The highest BCUT2D eigenvalue weighted by atomic mass is 32.1. The summed E-state index contributed by atoms with van der Waals surface area (Å²) in [6.07, 6.45) is 0.360. The SMILES string of the molecule is Cc1cc(C)n(CCC(=O)Nc2cccc(C(N)=S)c2)n1. The molecular formula is C15H18N4OS. The number of nitrogens with one attached hydrogen (secondary N) is 1. The van der Waals surface area contributed by atoms with E-state index in [2.05, 4.69) is 10.4 Å². The van der Waals surface area contributed by atoms with Crippen LogP contribution in [0.3, 0.4) is 0 Å². The van der Waals surface area contributed by atoms with Gasteiger partial charge < -0.3 is 11.1 Å². The van der Waals surface area contributed by atoms with Crippen molar-refractivity contribution in [3.63, 3.8) is 0 Å². The van der Waals surface area contributed by atoms with Crippen LogP contribution in [0.25, 0.3) is 0 Å². The van der Waals surface area contributed by atoms with Gasteiger partial charge in [-0.15, -0.1) is 0 Å². The Bertz CT molecular complexity index is 678. The maximum atomic E-state index is 12.0. The number of nitrogens with two attached hydrogens (primary N) is 1. The number of hydrogen-bond donors (Lipinski definition) is 2. The van der Waals surface area contributed by atoms with Crippen molar-refractivity contribution in [2.24, 2.45) is 5.73 Å². The standard InChI is InChI=1S/C15H18N4OS/c1-10-8-11(2)19(18-10)7-6-14(20)17-13-5-3-4-12(9-13)15(16)21/h3-5,8-9H,6-7H2,1-2H3,(H2,16,21)(H,17,20). The summed E-state index contributed by atoms with van der Waals surface area (Å²) in [7, 11) is 0. The number of amides is 1. The second-order valence-corrected chi connectivity index (χ2v) is 5.33. The van der Waals surface area contributed by atoms with Gasteiger partial charge in [-0.25, -0.2) is 0 Å². The molecule has 0 fully saturated rings. The lowest BCUT2D eigenvalue weighted by Crippen LogP contribution is -2.16. The largest absolute Gasteiger partial charge is 0.389 e. The number of carbonyl (C=O) groups is 1. The van der Waals surface area contributed by atoms with E-state index >= 15 is 0 Å². The number of benzene rings is 1. The minimum atomic E-state index is -0.0670. The maximum absolute atomic E-state index is 12.0. The van der Waals surface area contributed by atoms with E-state index in [4.69, 9.17) is 18.0 Å². The van der Waals surface area contributed by atoms with Crippen LogP contribution < -0.4 is 11.1 Å². The van der Waals surface area contributed by atoms with Gasteiger partial charge in [0.15, 0.2) is 0 Å². The highest BCUT2D eigenvalue weighted by Gasteiger charge is 2.06. The minimum absolute atomic E-state index is 0.0670. The molecular weight excluding hydrogens is 284 g/mol. The zero-order chi connectivity index (χ0) is 15.4. The summed E-state index contributed by atoms with van der Waals surface area (Å²) in [4.78, 5) is 12.3. The Labute approximate surface area is 129 Å². The van der Waals surface area contributed by atoms with Crippen molar-refractivity contribution in [3.05, 3.63) is 47.3 Å². The number of aromatic nitrogens is 2. The molecule has 0 aliphatic carbocycles. The van der Waals surface area contributed by atoms with Crippen molar-refractivity contribution < 1.29 is 4.79 Å². The Morgan fingerprint density at radius 3 is 2.76 bits per heavy atom. The van der Waals surface area contributed by atoms with E-state index in [-0.39, 0.29) is 5.91 Å². The molecule has 0 aliphatic rings. The van der Waals surface area contributed by atoms with E-state index < -0.39 is 0 Å². The molecule has 0 saturated carbocycles. The first-order valence-electron chi connectivity index (χ1n) is 6.66. The molecule has 5 nitrogen and oxygen atoms in total. The van der Waals surface area contributed by atoms with E-state index in [1.807, 2.05) is 42.8 Å². The van der Waals surface area contributed by atoms with Gasteiger partial charge in [0.1, 0.15) is 4.99 Å². The molecule has 0 aliphatic heterocycles. The van der Waals surface area contributed by atoms with Crippen LogP contribution in [-0.2, 0) is 11.3 Å². The zero-order valence-electron chi connectivity index (χ0n) is 12.1. The predicted octanol–water partition coefficient (Wildman–Crippen LogP) is 2.16. The van der Waals surface area contributed by atoms with Gasteiger partial charge in [-0.05, 0) is 32.0 Å². The number of hydrogen-bond acceptors (Lipinski definition) is 3. The van der Waals surface area contributed by atoms with Crippen LogP contribution >= 0.6 is 12.2 Å². The van der Waals surface area contributed by atoms with Crippen molar-refractivity contribution in [2.75, 3.05) is 5.32 Å². The third-order valence-electron chi connectivity index (χ3n) is 3.08. The Morgan fingerprint density at radius 2 is 2.14 bits per heavy atom. The zero-order valence-corrected chi connectivity index (χ0v) is 12.9. The lowest BCUT2D eigenvalue weighted by atomic mass is 10.2. The van der Waals surface area contributed by atoms with Gasteiger partial charge in [0.2, 0.25) is 5.91 Å². The molecule has 0 bridgehead atoms. The summed E-state index contributed by atoms with van der Waals surface area (Å²) in [6, 6.07) is 9.19. The summed E-state index contributed by atoms with van der Waals surface area (Å²) in [6.45, 7) is 4.47. The first-order valence-corrected chi connectivity index (χ1v) is 7.07. The number of nitrogens with zero attached hydrogens (tertiary/aromatic N) is 2. The average Bonchev–Trinajstić information content (AvgIpc) is 2.75. The predicted molar refractivity (Wildman–Crippen MR) is 87.3 cm³/mol. The Kier molecular flexibility index (Phi) is 4.70. The Balaban J connectivity index is 1.94. The highest BCUT2D eigenvalue weighted by Crippen LogP contribution is 2.11. The average molecular weight is 302 g/mol. The van der Waals surface area contributed by atoms with Crippen LogP contribution in [0.15, 0.2) is 30.3 Å². The molecule has 21 heavy (non-hydrogen) atoms. The summed E-state index contributed by atoms with van der Waals surface area (Å²) in [5, 5.41) is 7.17. The lowest BCUT2D eigenvalue weighted by Gasteiger charge is -2.08. The van der Waals surface area contributed by atoms with Gasteiger partial charge in [-0.1, -0.05) is 24.4 Å². The van der Waals surface area contributed by atoms with Crippen molar-refractivity contribution in [1.82, 2.24) is 9.78 Å². The number of carbonyl (C=O) groups excluding carboxylic acids is 1. The number of thiocarbonyl (C=S) groups is 1. The molecule has 1 amide bonds. The molecule has 1 aromatic heterocycles. The molecule has 2 aromatic rings. The smallest absolute Gasteiger partial charge is 0.226 e. The van der Waals surface area contributed by atoms with E-state index in [1.165, 1.54) is 0 Å². The quantitative estimate of drug-likeness (QED) is 0.830. The number of anilines is 1. The second-order valence-electron chi connectivity index (χ2n) is 4.89. The first kappa shape index (κ1) is 15.2. The van der Waals surface area contributed by atoms with Crippen LogP contribution in [0.4, 0.5) is 5.69 Å². The molecule has 6 heteroatoms. The first-order chi connectivity index (χ1) is 9.95. The molecule has 3 N–H and O–H groups in total. The molecule has 0 atom stereocenters. The molecule has 1 heterocycles. The van der Waals surface area contributed by atoms with Crippen molar-refractivity contribution in [2.45, 2.75) is 26.8 Å². The lowest BCUT2D eigenvalue weighted by molar-refractivity contribution is -0.116. The van der Waals surface area contributed by atoms with Crippen molar-refractivity contribution >= 4 is 28.8 Å². The topological polar surface area (TPSA) is 72.9 Å². The molecule has 0 saturated heterocycles. The molecule has 2 rings (SSSR count). The maximum Gasteiger partial charge on any atom is 0.226 e. The summed E-state index contributed by atoms with van der Waals surface area (Å²) >= 11 is 4.92. The highest BCUT2D eigenvalue weighted by molar-refractivity contribution is 7.80. The summed E-state index contributed by atoms with van der Waals surface area (Å²) in [5.41, 5.74) is 9.01. The van der Waals surface area contributed by atoms with Crippen molar-refractivity contribution in [3.8, 4) is 0 Å². The minimum Gasteiger partial charge on any atom is -0.389 e. The van der Waals surface area contributed by atoms with Gasteiger partial charge in [-0.3, -0.25) is 9.48 Å². The Hall–Kier alpha value is -2.21. The molecule has 1 aromatic carbocycles. The second kappa shape index (κ2) is 6.49. The van der Waals surface area contributed by atoms with Crippen LogP contribution in [0.2, 0.25) is 0 Å². The fourth-order valence-electron chi connectivity index (χ4n) is 2.08. The summed E-state index contributed by atoms with van der Waals surface area (Å²) in [5.74, 6) is -0.0670. The van der Waals surface area contributed by atoms with Gasteiger partial charge in [-0.2, -0.15) is 5.10 Å². The third-order valence-corrected chi connectivity index (χ3v) is 3.32. The van der Waals surface area contributed by atoms with Crippen LogP contribution in [0.5, 0.6) is 0 Å². The molecule has 0 spiro atoms. The third kappa shape index (κ3) is 4.13. The van der Waals surface area contributed by atoms with Gasteiger partial charge in [0.05, 0.1) is 5.69 Å². The van der Waals surface area contributed by atoms with E-state index in [9.17, 15) is 4.79 Å². The monoisotopic (exact) mass is 302 g/mol. The Morgan fingerprint density at radius 1 is 1.38 bits per heavy atom. The van der Waals surface area contributed by atoms with Crippen LogP contribution in [-0.4, -0.2) is 20.7 Å². The normalized spacial score (nSPS) is 10.4. The fourth-order valence-corrected chi connectivity index (χ4v) is 2.21. The number of aryl methyl sites for hydroxylation is 3. The van der Waals surface area contributed by atoms with Gasteiger partial charge >= 0.3 is 0 Å². The molecule has 0 radical (unpaired) electrons. The molecule has 110 valence electrons. The van der Waals surface area contributed by atoms with Gasteiger partial charge in [0, 0.05) is 29.9 Å². The number of rotatable bonds is 5. The van der Waals surface area contributed by atoms with Crippen molar-refractivity contribution in [1.29, 1.82) is 0 Å². The van der Waals surface area contributed by atoms with Gasteiger partial charge in [0.25, 0.3) is 0 Å². The van der Waals surface area contributed by atoms with Crippen LogP contribution in [0, 0.1) is 13.8 Å². The summed E-state index contributed by atoms with van der Waals surface area (Å²) < 4.78 is 1.83.